The third-order valence-electron chi connectivity index (χ3n) is 5.14. The molecule has 0 aliphatic carbocycles. The van der Waals surface area contributed by atoms with E-state index >= 15 is 0 Å². The number of aliphatic hydroxyl groups is 1. The number of benzene rings is 3. The lowest BCUT2D eigenvalue weighted by atomic mass is 9.90. The molecule has 1 atom stereocenters. The van der Waals surface area contributed by atoms with E-state index in [1.54, 1.807) is 49.4 Å². The van der Waals surface area contributed by atoms with Crippen LogP contribution in [0, 0.1) is 13.8 Å². The van der Waals surface area contributed by atoms with Gasteiger partial charge in [0.25, 0.3) is 11.8 Å². The SMILES string of the molecule is Cc1cc(C)c2c(c1)C(O)(c1ccc(Cl)cc1)N(C(=O)c1ccc(Cl)cc1)C2=O. The van der Waals surface area contributed by atoms with Crippen LogP contribution in [0.4, 0.5) is 0 Å². The van der Waals surface area contributed by atoms with Crippen molar-refractivity contribution in [2.45, 2.75) is 19.6 Å². The van der Waals surface area contributed by atoms with Gasteiger partial charge in [-0.1, -0.05) is 53.0 Å². The van der Waals surface area contributed by atoms with E-state index in [-0.39, 0.29) is 5.56 Å². The predicted octanol–water partition coefficient (Wildman–Crippen LogP) is 5.10. The third kappa shape index (κ3) is 3.04. The molecule has 2 amide bonds. The molecule has 1 unspecified atom stereocenters. The van der Waals surface area contributed by atoms with Gasteiger partial charge in [-0.3, -0.25) is 9.59 Å². The fourth-order valence-electron chi connectivity index (χ4n) is 3.83. The number of halogens is 2. The summed E-state index contributed by atoms with van der Waals surface area (Å²) in [5, 5.41) is 12.8. The first kappa shape index (κ1) is 19.6. The second-order valence-corrected chi connectivity index (χ2v) is 8.01. The Bertz CT molecular complexity index is 1140. The van der Waals surface area contributed by atoms with Crippen molar-refractivity contribution in [3.05, 3.63) is 104 Å². The Morgan fingerprint density at radius 3 is 2.07 bits per heavy atom. The second kappa shape index (κ2) is 6.99. The molecule has 3 aromatic carbocycles. The standard InChI is InChI=1S/C23H17Cl2NO3/c1-13-11-14(2)20-19(12-13)23(29,16-5-9-18(25)10-6-16)26(22(20)28)21(27)15-3-7-17(24)8-4-15/h3-12,29H,1-2H3. The average Bonchev–Trinajstić information content (AvgIpc) is 2.90. The van der Waals surface area contributed by atoms with E-state index in [1.165, 1.54) is 12.1 Å². The van der Waals surface area contributed by atoms with Crippen molar-refractivity contribution in [2.75, 3.05) is 0 Å². The van der Waals surface area contributed by atoms with Gasteiger partial charge in [-0.25, -0.2) is 4.90 Å². The molecule has 0 saturated carbocycles. The van der Waals surface area contributed by atoms with Crippen LogP contribution in [-0.4, -0.2) is 21.8 Å². The maximum absolute atomic E-state index is 13.4. The highest BCUT2D eigenvalue weighted by Gasteiger charge is 2.53. The molecule has 0 radical (unpaired) electrons. The molecule has 6 heteroatoms. The first-order valence-corrected chi connectivity index (χ1v) is 9.73. The summed E-state index contributed by atoms with van der Waals surface area (Å²) in [4.78, 5) is 27.6. The molecule has 1 heterocycles. The zero-order valence-corrected chi connectivity index (χ0v) is 17.3. The minimum Gasteiger partial charge on any atom is -0.363 e. The van der Waals surface area contributed by atoms with Gasteiger partial charge in [0.15, 0.2) is 0 Å². The molecular formula is C23H17Cl2NO3. The number of imide groups is 1. The molecule has 1 aliphatic heterocycles. The van der Waals surface area contributed by atoms with Gasteiger partial charge in [-0.2, -0.15) is 0 Å². The van der Waals surface area contributed by atoms with Gasteiger partial charge in [-0.05, 0) is 55.8 Å². The van der Waals surface area contributed by atoms with Gasteiger partial charge < -0.3 is 5.11 Å². The minimum absolute atomic E-state index is 0.248. The highest BCUT2D eigenvalue weighted by molar-refractivity contribution is 6.31. The third-order valence-corrected chi connectivity index (χ3v) is 5.64. The van der Waals surface area contributed by atoms with Gasteiger partial charge in [0.1, 0.15) is 0 Å². The molecule has 0 bridgehead atoms. The predicted molar refractivity (Wildman–Crippen MR) is 112 cm³/mol. The Morgan fingerprint density at radius 2 is 1.48 bits per heavy atom. The van der Waals surface area contributed by atoms with Crippen LogP contribution in [-0.2, 0) is 5.72 Å². The van der Waals surface area contributed by atoms with Crippen LogP contribution < -0.4 is 0 Å². The van der Waals surface area contributed by atoms with Crippen molar-refractivity contribution >= 4 is 35.0 Å². The number of nitrogens with zero attached hydrogens (tertiary/aromatic N) is 1. The number of amides is 2. The van der Waals surface area contributed by atoms with Crippen molar-refractivity contribution < 1.29 is 14.7 Å². The molecule has 4 rings (SSSR count). The van der Waals surface area contributed by atoms with Crippen LogP contribution in [0.1, 0.15) is 43.0 Å². The van der Waals surface area contributed by atoms with Crippen LogP contribution >= 0.6 is 23.2 Å². The van der Waals surface area contributed by atoms with Gasteiger partial charge >= 0.3 is 0 Å². The van der Waals surface area contributed by atoms with Crippen LogP contribution in [0.3, 0.4) is 0 Å². The minimum atomic E-state index is -1.95. The summed E-state index contributed by atoms with van der Waals surface area (Å²) in [5.41, 5.74) is 0.953. The lowest BCUT2D eigenvalue weighted by Gasteiger charge is -2.33. The molecule has 0 saturated heterocycles. The van der Waals surface area contributed by atoms with E-state index in [1.807, 2.05) is 13.0 Å². The molecule has 146 valence electrons. The zero-order chi connectivity index (χ0) is 20.9. The topological polar surface area (TPSA) is 57.6 Å². The van der Waals surface area contributed by atoms with E-state index in [2.05, 4.69) is 0 Å². The quantitative estimate of drug-likeness (QED) is 0.580. The summed E-state index contributed by atoms with van der Waals surface area (Å²) in [7, 11) is 0. The summed E-state index contributed by atoms with van der Waals surface area (Å²) in [6.07, 6.45) is 0. The van der Waals surface area contributed by atoms with E-state index in [4.69, 9.17) is 23.2 Å². The Morgan fingerprint density at radius 1 is 0.931 bits per heavy atom. The molecule has 4 nitrogen and oxygen atoms in total. The van der Waals surface area contributed by atoms with E-state index in [0.717, 1.165) is 10.5 Å². The number of rotatable bonds is 2. The molecule has 29 heavy (non-hydrogen) atoms. The number of carbonyl (C=O) groups is 2. The Kier molecular flexibility index (Phi) is 4.74. The maximum Gasteiger partial charge on any atom is 0.264 e. The molecule has 0 spiro atoms. The zero-order valence-electron chi connectivity index (χ0n) is 15.7. The molecule has 0 fully saturated rings. The van der Waals surface area contributed by atoms with E-state index in [9.17, 15) is 14.7 Å². The highest BCUT2D eigenvalue weighted by Crippen LogP contribution is 2.44. The summed E-state index contributed by atoms with van der Waals surface area (Å²) in [6.45, 7) is 3.67. The first-order chi connectivity index (χ1) is 13.7. The second-order valence-electron chi connectivity index (χ2n) is 7.14. The van der Waals surface area contributed by atoms with Gasteiger partial charge in [-0.15, -0.1) is 0 Å². The fraction of sp³-hybridized carbons (Fsp3) is 0.130. The summed E-state index contributed by atoms with van der Waals surface area (Å²) >= 11 is 11.9. The average molecular weight is 426 g/mol. The maximum atomic E-state index is 13.4. The lowest BCUT2D eigenvalue weighted by molar-refractivity contribution is -0.0362. The molecular weight excluding hydrogens is 409 g/mol. The van der Waals surface area contributed by atoms with E-state index < -0.39 is 17.5 Å². The molecule has 1 aliphatic rings. The fourth-order valence-corrected chi connectivity index (χ4v) is 4.09. The van der Waals surface area contributed by atoms with Crippen LogP contribution in [0.25, 0.3) is 0 Å². The van der Waals surface area contributed by atoms with Gasteiger partial charge in [0, 0.05) is 26.7 Å². The van der Waals surface area contributed by atoms with Crippen molar-refractivity contribution in [1.82, 2.24) is 4.90 Å². The van der Waals surface area contributed by atoms with Crippen LogP contribution in [0.15, 0.2) is 60.7 Å². The van der Waals surface area contributed by atoms with Gasteiger partial charge in [0.2, 0.25) is 5.72 Å². The Labute approximate surface area is 178 Å². The van der Waals surface area contributed by atoms with Crippen molar-refractivity contribution in [3.63, 3.8) is 0 Å². The molecule has 3 aromatic rings. The summed E-state index contributed by atoms with van der Waals surface area (Å²) in [6, 6.07) is 16.3. The van der Waals surface area contributed by atoms with Crippen molar-refractivity contribution in [3.8, 4) is 0 Å². The Balaban J connectivity index is 1.97. The monoisotopic (exact) mass is 425 g/mol. The largest absolute Gasteiger partial charge is 0.363 e. The number of hydrogen-bond acceptors (Lipinski definition) is 3. The molecule has 0 aromatic heterocycles. The lowest BCUT2D eigenvalue weighted by Crippen LogP contribution is -2.48. The summed E-state index contributed by atoms with van der Waals surface area (Å²) < 4.78 is 0. The number of carbonyl (C=O) groups excluding carboxylic acids is 2. The Hall–Kier alpha value is -2.66. The van der Waals surface area contributed by atoms with Crippen LogP contribution in [0.2, 0.25) is 10.0 Å². The highest BCUT2D eigenvalue weighted by atomic mass is 35.5. The van der Waals surface area contributed by atoms with Crippen LogP contribution in [0.5, 0.6) is 0 Å². The summed E-state index contributed by atoms with van der Waals surface area (Å²) in [5.74, 6) is -1.16. The smallest absolute Gasteiger partial charge is 0.264 e. The number of aryl methyl sites for hydroxylation is 2. The van der Waals surface area contributed by atoms with Crippen molar-refractivity contribution in [2.24, 2.45) is 0 Å². The number of fused-ring (bicyclic) bond motifs is 1. The van der Waals surface area contributed by atoms with E-state index in [0.29, 0.717) is 32.3 Å². The van der Waals surface area contributed by atoms with Gasteiger partial charge in [0.05, 0.1) is 5.56 Å². The first-order valence-electron chi connectivity index (χ1n) is 8.98. The normalized spacial score (nSPS) is 18.1. The van der Waals surface area contributed by atoms with Crippen molar-refractivity contribution in [1.29, 1.82) is 0 Å². The number of hydrogen-bond donors (Lipinski definition) is 1. The molecule has 1 N–H and O–H groups in total.